The third-order valence-electron chi connectivity index (χ3n) is 3.29. The molecular formula is C13H21N3O2S. The highest BCUT2D eigenvalue weighted by molar-refractivity contribution is 7.99. The minimum atomic E-state index is -0.644. The summed E-state index contributed by atoms with van der Waals surface area (Å²) in [6, 6.07) is 1.55. The molecule has 1 fully saturated rings. The second kappa shape index (κ2) is 6.54. The van der Waals surface area contributed by atoms with E-state index < -0.39 is 5.60 Å². The van der Waals surface area contributed by atoms with E-state index in [-0.39, 0.29) is 5.56 Å². The molecule has 0 radical (unpaired) electrons. The fraction of sp³-hybridized carbons (Fsp3) is 0.692. The molecule has 0 saturated carbocycles. The number of rotatable bonds is 5. The van der Waals surface area contributed by atoms with Crippen molar-refractivity contribution in [1.29, 1.82) is 0 Å². The second-order valence-corrected chi connectivity index (χ2v) is 6.02. The zero-order chi connectivity index (χ0) is 13.7. The first-order chi connectivity index (χ1) is 9.11. The van der Waals surface area contributed by atoms with E-state index in [1.165, 1.54) is 11.8 Å². The zero-order valence-corrected chi connectivity index (χ0v) is 12.1. The third kappa shape index (κ3) is 4.33. The van der Waals surface area contributed by atoms with Gasteiger partial charge in [-0.3, -0.25) is 4.79 Å². The fourth-order valence-electron chi connectivity index (χ4n) is 2.18. The topological polar surface area (TPSA) is 78.0 Å². The molecule has 0 unspecified atom stereocenters. The van der Waals surface area contributed by atoms with Crippen molar-refractivity contribution in [1.82, 2.24) is 15.3 Å². The third-order valence-corrected chi connectivity index (χ3v) is 4.44. The highest BCUT2D eigenvalue weighted by atomic mass is 32.2. The van der Waals surface area contributed by atoms with Crippen LogP contribution in [-0.4, -0.2) is 39.5 Å². The van der Waals surface area contributed by atoms with Gasteiger partial charge in [-0.05, 0) is 32.4 Å². The Balaban J connectivity index is 2.00. The van der Waals surface area contributed by atoms with Crippen LogP contribution in [0.2, 0.25) is 0 Å². The molecule has 5 nitrogen and oxygen atoms in total. The van der Waals surface area contributed by atoms with Crippen LogP contribution >= 0.6 is 11.8 Å². The van der Waals surface area contributed by atoms with E-state index in [0.717, 1.165) is 44.5 Å². The Bertz CT molecular complexity index is 469. The summed E-state index contributed by atoms with van der Waals surface area (Å²) < 4.78 is 0. The highest BCUT2D eigenvalue weighted by Crippen LogP contribution is 2.25. The Labute approximate surface area is 117 Å². The van der Waals surface area contributed by atoms with Crippen LogP contribution in [0.25, 0.3) is 0 Å². The van der Waals surface area contributed by atoms with Gasteiger partial charge in [-0.25, -0.2) is 4.98 Å². The first-order valence-corrected chi connectivity index (χ1v) is 7.76. The molecule has 0 spiro atoms. The summed E-state index contributed by atoms with van der Waals surface area (Å²) in [7, 11) is 0. The van der Waals surface area contributed by atoms with Crippen LogP contribution in [0.4, 0.5) is 0 Å². The summed E-state index contributed by atoms with van der Waals surface area (Å²) in [5.41, 5.74) is 0.0687. The van der Waals surface area contributed by atoms with Crippen LogP contribution in [0.5, 0.6) is 0 Å². The smallest absolute Gasteiger partial charge is 0.251 e. The SMILES string of the molecule is CCCc1cc(=O)[nH]c(SCC2(O)CCNCC2)n1. The van der Waals surface area contributed by atoms with Crippen molar-refractivity contribution in [2.75, 3.05) is 18.8 Å². The maximum Gasteiger partial charge on any atom is 0.251 e. The van der Waals surface area contributed by atoms with Crippen LogP contribution < -0.4 is 10.9 Å². The van der Waals surface area contributed by atoms with Crippen molar-refractivity contribution in [3.05, 3.63) is 22.1 Å². The van der Waals surface area contributed by atoms with Gasteiger partial charge in [0, 0.05) is 17.5 Å². The molecular weight excluding hydrogens is 262 g/mol. The summed E-state index contributed by atoms with van der Waals surface area (Å²) in [6.45, 7) is 3.75. The fourth-order valence-corrected chi connectivity index (χ4v) is 3.22. The number of H-pyrrole nitrogens is 1. The molecule has 0 atom stereocenters. The van der Waals surface area contributed by atoms with Gasteiger partial charge in [0.2, 0.25) is 0 Å². The Kier molecular flexibility index (Phi) is 5.01. The lowest BCUT2D eigenvalue weighted by Gasteiger charge is -2.31. The summed E-state index contributed by atoms with van der Waals surface area (Å²) in [6.07, 6.45) is 3.28. The van der Waals surface area contributed by atoms with Crippen molar-refractivity contribution in [2.24, 2.45) is 0 Å². The van der Waals surface area contributed by atoms with E-state index in [1.54, 1.807) is 6.07 Å². The monoisotopic (exact) mass is 283 g/mol. The maximum atomic E-state index is 11.5. The van der Waals surface area contributed by atoms with Gasteiger partial charge < -0.3 is 15.4 Å². The average molecular weight is 283 g/mol. The van der Waals surface area contributed by atoms with E-state index >= 15 is 0 Å². The molecule has 0 amide bonds. The van der Waals surface area contributed by atoms with Gasteiger partial charge in [0.25, 0.3) is 5.56 Å². The lowest BCUT2D eigenvalue weighted by Crippen LogP contribution is -2.43. The van der Waals surface area contributed by atoms with Crippen molar-refractivity contribution in [3.63, 3.8) is 0 Å². The largest absolute Gasteiger partial charge is 0.389 e. The Morgan fingerprint density at radius 2 is 2.21 bits per heavy atom. The van der Waals surface area contributed by atoms with Crippen LogP contribution in [0.15, 0.2) is 16.0 Å². The molecule has 19 heavy (non-hydrogen) atoms. The number of nitrogens with zero attached hydrogens (tertiary/aromatic N) is 1. The first kappa shape index (κ1) is 14.6. The van der Waals surface area contributed by atoms with Gasteiger partial charge in [-0.1, -0.05) is 25.1 Å². The van der Waals surface area contributed by atoms with Crippen LogP contribution in [0.1, 0.15) is 31.9 Å². The minimum absolute atomic E-state index is 0.113. The van der Waals surface area contributed by atoms with Crippen molar-refractivity contribution >= 4 is 11.8 Å². The summed E-state index contributed by atoms with van der Waals surface area (Å²) in [4.78, 5) is 18.7. The number of aryl methyl sites for hydroxylation is 1. The van der Waals surface area contributed by atoms with Crippen molar-refractivity contribution in [2.45, 2.75) is 43.4 Å². The number of hydrogen-bond acceptors (Lipinski definition) is 5. The maximum absolute atomic E-state index is 11.5. The number of nitrogens with one attached hydrogen (secondary N) is 2. The first-order valence-electron chi connectivity index (χ1n) is 6.77. The molecule has 1 saturated heterocycles. The molecule has 6 heteroatoms. The lowest BCUT2D eigenvalue weighted by molar-refractivity contribution is 0.0338. The van der Waals surface area contributed by atoms with Crippen LogP contribution in [0.3, 0.4) is 0 Å². The average Bonchev–Trinajstić information content (AvgIpc) is 2.37. The predicted molar refractivity (Wildman–Crippen MR) is 76.6 cm³/mol. The minimum Gasteiger partial charge on any atom is -0.389 e. The standard InChI is InChI=1S/C13H21N3O2S/c1-2-3-10-8-11(17)16-12(15-10)19-9-13(18)4-6-14-7-5-13/h8,14,18H,2-7,9H2,1H3,(H,15,16,17). The van der Waals surface area contributed by atoms with Gasteiger partial charge in [0.1, 0.15) is 0 Å². The number of aliphatic hydroxyl groups is 1. The van der Waals surface area contributed by atoms with Crippen LogP contribution in [-0.2, 0) is 6.42 Å². The molecule has 2 rings (SSSR count). The molecule has 2 heterocycles. The number of aromatic nitrogens is 2. The normalized spacial score (nSPS) is 18.4. The van der Waals surface area contributed by atoms with Crippen molar-refractivity contribution in [3.8, 4) is 0 Å². The Morgan fingerprint density at radius 3 is 2.89 bits per heavy atom. The van der Waals surface area contributed by atoms with Gasteiger partial charge in [-0.2, -0.15) is 0 Å². The van der Waals surface area contributed by atoms with E-state index in [2.05, 4.69) is 22.2 Å². The summed E-state index contributed by atoms with van der Waals surface area (Å²) >= 11 is 1.44. The molecule has 106 valence electrons. The van der Waals surface area contributed by atoms with Gasteiger partial charge in [0.05, 0.1) is 5.60 Å². The van der Waals surface area contributed by atoms with Gasteiger partial charge in [-0.15, -0.1) is 0 Å². The van der Waals surface area contributed by atoms with E-state index in [9.17, 15) is 9.90 Å². The van der Waals surface area contributed by atoms with E-state index in [1.807, 2.05) is 0 Å². The second-order valence-electron chi connectivity index (χ2n) is 5.05. The number of hydrogen-bond donors (Lipinski definition) is 3. The Morgan fingerprint density at radius 1 is 1.47 bits per heavy atom. The number of piperidine rings is 1. The Hall–Kier alpha value is -0.850. The quantitative estimate of drug-likeness (QED) is 0.553. The molecule has 0 aromatic carbocycles. The van der Waals surface area contributed by atoms with Gasteiger partial charge in [0.15, 0.2) is 5.16 Å². The molecule has 3 N–H and O–H groups in total. The van der Waals surface area contributed by atoms with Crippen LogP contribution in [0, 0.1) is 0 Å². The summed E-state index contributed by atoms with van der Waals surface area (Å²) in [5.74, 6) is 0.577. The number of aromatic amines is 1. The number of thioether (sulfide) groups is 1. The molecule has 0 aliphatic carbocycles. The molecule has 0 bridgehead atoms. The summed E-state index contributed by atoms with van der Waals surface area (Å²) in [5, 5.41) is 14.2. The highest BCUT2D eigenvalue weighted by Gasteiger charge is 2.29. The predicted octanol–water partition coefficient (Wildman–Crippen LogP) is 0.929. The van der Waals surface area contributed by atoms with E-state index in [4.69, 9.17) is 0 Å². The molecule has 1 aromatic rings. The zero-order valence-electron chi connectivity index (χ0n) is 11.2. The van der Waals surface area contributed by atoms with Crippen molar-refractivity contribution < 1.29 is 5.11 Å². The molecule has 1 aromatic heterocycles. The lowest BCUT2D eigenvalue weighted by atomic mass is 9.95. The van der Waals surface area contributed by atoms with Gasteiger partial charge >= 0.3 is 0 Å². The van der Waals surface area contributed by atoms with E-state index in [0.29, 0.717) is 10.9 Å². The molecule has 1 aliphatic rings. The molecule has 1 aliphatic heterocycles.